The van der Waals surface area contributed by atoms with Crippen LogP contribution >= 0.6 is 11.3 Å². The van der Waals surface area contributed by atoms with Crippen LogP contribution in [0.15, 0.2) is 41.8 Å². The van der Waals surface area contributed by atoms with Gasteiger partial charge in [-0.15, -0.1) is 11.3 Å². The van der Waals surface area contributed by atoms with Gasteiger partial charge in [-0.3, -0.25) is 4.79 Å². The molecule has 1 atom stereocenters. The van der Waals surface area contributed by atoms with E-state index in [9.17, 15) is 13.2 Å². The first kappa shape index (κ1) is 17.9. The summed E-state index contributed by atoms with van der Waals surface area (Å²) >= 11 is 1.46. The van der Waals surface area contributed by atoms with Crippen molar-refractivity contribution in [2.75, 3.05) is 37.8 Å². The van der Waals surface area contributed by atoms with Crippen LogP contribution in [-0.4, -0.2) is 52.2 Å². The highest BCUT2D eigenvalue weighted by atomic mass is 32.2. The van der Waals surface area contributed by atoms with Crippen LogP contribution in [0.1, 0.15) is 26.9 Å². The first-order valence-corrected chi connectivity index (χ1v) is 10.8. The molecule has 1 aromatic heterocycles. The second-order valence-electron chi connectivity index (χ2n) is 6.39. The molecule has 0 aliphatic carbocycles. The Morgan fingerprint density at radius 1 is 1.16 bits per heavy atom. The highest BCUT2D eigenvalue weighted by Crippen LogP contribution is 2.32. The van der Waals surface area contributed by atoms with Crippen LogP contribution < -0.4 is 4.90 Å². The maximum absolute atomic E-state index is 12.8. The Kier molecular flexibility index (Phi) is 5.15. The molecular weight excluding hydrogens is 356 g/mol. The fraction of sp³-hybridized carbons (Fsp3) is 0.389. The number of hydrogen-bond acceptors (Lipinski definition) is 5. The fourth-order valence-electron chi connectivity index (χ4n) is 3.03. The van der Waals surface area contributed by atoms with E-state index in [-0.39, 0.29) is 18.2 Å². The molecule has 25 heavy (non-hydrogen) atoms. The second kappa shape index (κ2) is 7.17. The SMILES string of the molecule is CN(C)c1ccc(C(=O)N2CCC(c3cccs3)S(=O)(=O)CC2)cc1. The van der Waals surface area contributed by atoms with E-state index in [1.54, 1.807) is 17.0 Å². The van der Waals surface area contributed by atoms with Crippen LogP contribution in [0, 0.1) is 0 Å². The van der Waals surface area contributed by atoms with Gasteiger partial charge >= 0.3 is 0 Å². The predicted octanol–water partition coefficient (Wildman–Crippen LogP) is 2.82. The lowest BCUT2D eigenvalue weighted by Gasteiger charge is -2.20. The Morgan fingerprint density at radius 2 is 1.88 bits per heavy atom. The molecule has 1 saturated heterocycles. The number of carbonyl (C=O) groups is 1. The van der Waals surface area contributed by atoms with Gasteiger partial charge in [-0.05, 0) is 42.1 Å². The van der Waals surface area contributed by atoms with Crippen molar-refractivity contribution >= 4 is 32.8 Å². The maximum atomic E-state index is 12.8. The molecule has 134 valence electrons. The van der Waals surface area contributed by atoms with Crippen molar-refractivity contribution in [2.24, 2.45) is 0 Å². The first-order valence-electron chi connectivity index (χ1n) is 8.20. The zero-order valence-corrected chi connectivity index (χ0v) is 16.0. The van der Waals surface area contributed by atoms with Gasteiger partial charge in [-0.25, -0.2) is 8.42 Å². The fourth-order valence-corrected chi connectivity index (χ4v) is 6.03. The molecule has 3 rings (SSSR count). The number of anilines is 1. The molecule has 1 aliphatic heterocycles. The lowest BCUT2D eigenvalue weighted by molar-refractivity contribution is 0.0766. The number of hydrogen-bond donors (Lipinski definition) is 0. The van der Waals surface area contributed by atoms with Crippen molar-refractivity contribution in [3.63, 3.8) is 0 Å². The molecule has 1 fully saturated rings. The molecule has 0 saturated carbocycles. The Bertz CT molecular complexity index is 828. The van der Waals surface area contributed by atoms with Crippen LogP contribution in [0.5, 0.6) is 0 Å². The first-order chi connectivity index (χ1) is 11.9. The summed E-state index contributed by atoms with van der Waals surface area (Å²) in [5.74, 6) is -0.0933. The van der Waals surface area contributed by atoms with Crippen molar-refractivity contribution in [1.29, 1.82) is 0 Å². The standard InChI is InChI=1S/C18H22N2O3S2/c1-19(2)15-7-5-14(6-8-15)18(21)20-10-9-17(16-4-3-12-24-16)25(22,23)13-11-20/h3-8,12,17H,9-11,13H2,1-2H3. The summed E-state index contributed by atoms with van der Waals surface area (Å²) in [5.41, 5.74) is 1.62. The Labute approximate surface area is 152 Å². The van der Waals surface area contributed by atoms with Gasteiger partial charge < -0.3 is 9.80 Å². The minimum Gasteiger partial charge on any atom is -0.378 e. The molecule has 0 spiro atoms. The summed E-state index contributed by atoms with van der Waals surface area (Å²) in [6.07, 6.45) is 0.449. The minimum atomic E-state index is -3.24. The van der Waals surface area contributed by atoms with E-state index in [0.29, 0.717) is 18.5 Å². The van der Waals surface area contributed by atoms with Crippen molar-refractivity contribution < 1.29 is 13.2 Å². The molecule has 0 bridgehead atoms. The molecule has 1 amide bonds. The van der Waals surface area contributed by atoms with Gasteiger partial charge in [0.15, 0.2) is 9.84 Å². The van der Waals surface area contributed by atoms with Gasteiger partial charge in [0.2, 0.25) is 0 Å². The third kappa shape index (κ3) is 3.88. The van der Waals surface area contributed by atoms with E-state index in [1.165, 1.54) is 11.3 Å². The quantitative estimate of drug-likeness (QED) is 0.824. The van der Waals surface area contributed by atoms with Gasteiger partial charge in [-0.1, -0.05) is 6.07 Å². The number of nitrogens with zero attached hydrogens (tertiary/aromatic N) is 2. The highest BCUT2D eigenvalue weighted by molar-refractivity contribution is 7.91. The van der Waals surface area contributed by atoms with Crippen LogP contribution in [0.4, 0.5) is 5.69 Å². The smallest absolute Gasteiger partial charge is 0.253 e. The number of carbonyl (C=O) groups excluding carboxylic acids is 1. The highest BCUT2D eigenvalue weighted by Gasteiger charge is 2.33. The number of benzene rings is 1. The zero-order chi connectivity index (χ0) is 18.0. The van der Waals surface area contributed by atoms with Gasteiger partial charge in [0.05, 0.1) is 11.0 Å². The summed E-state index contributed by atoms with van der Waals surface area (Å²) in [5, 5.41) is 1.40. The van der Waals surface area contributed by atoms with Crippen molar-refractivity contribution in [1.82, 2.24) is 4.90 Å². The number of sulfone groups is 1. The average Bonchev–Trinajstić information content (AvgIpc) is 3.06. The number of thiophene rings is 1. The molecular formula is C18H22N2O3S2. The molecule has 5 nitrogen and oxygen atoms in total. The van der Waals surface area contributed by atoms with Crippen LogP contribution in [0.2, 0.25) is 0 Å². The van der Waals surface area contributed by atoms with Gasteiger partial charge in [0.1, 0.15) is 0 Å². The van der Waals surface area contributed by atoms with E-state index in [0.717, 1.165) is 10.6 Å². The summed E-state index contributed by atoms with van der Waals surface area (Å²) in [7, 11) is 0.652. The summed E-state index contributed by atoms with van der Waals surface area (Å²) in [6.45, 7) is 0.703. The van der Waals surface area contributed by atoms with Crippen LogP contribution in [0.3, 0.4) is 0 Å². The van der Waals surface area contributed by atoms with Crippen LogP contribution in [0.25, 0.3) is 0 Å². The van der Waals surface area contributed by atoms with Crippen molar-refractivity contribution in [2.45, 2.75) is 11.7 Å². The Hall–Kier alpha value is -1.86. The molecule has 2 heterocycles. The Balaban J connectivity index is 1.77. The molecule has 1 unspecified atom stereocenters. The van der Waals surface area contributed by atoms with Crippen molar-refractivity contribution in [3.8, 4) is 0 Å². The number of rotatable bonds is 3. The molecule has 0 N–H and O–H groups in total. The maximum Gasteiger partial charge on any atom is 0.253 e. The lowest BCUT2D eigenvalue weighted by atomic mass is 10.1. The average molecular weight is 379 g/mol. The molecule has 7 heteroatoms. The molecule has 0 radical (unpaired) electrons. The summed E-state index contributed by atoms with van der Waals surface area (Å²) in [6, 6.07) is 11.1. The monoisotopic (exact) mass is 378 g/mol. The Morgan fingerprint density at radius 3 is 2.48 bits per heavy atom. The van der Waals surface area contributed by atoms with E-state index in [4.69, 9.17) is 0 Å². The summed E-state index contributed by atoms with van der Waals surface area (Å²) in [4.78, 5) is 17.3. The summed E-state index contributed by atoms with van der Waals surface area (Å²) < 4.78 is 25.2. The molecule has 1 aliphatic rings. The van der Waals surface area contributed by atoms with E-state index >= 15 is 0 Å². The normalized spacial score (nSPS) is 20.1. The lowest BCUT2D eigenvalue weighted by Crippen LogP contribution is -2.33. The molecule has 2 aromatic rings. The minimum absolute atomic E-state index is 0.0110. The van der Waals surface area contributed by atoms with Crippen LogP contribution in [-0.2, 0) is 9.84 Å². The zero-order valence-electron chi connectivity index (χ0n) is 14.4. The van der Waals surface area contributed by atoms with E-state index in [1.807, 2.05) is 48.6 Å². The van der Waals surface area contributed by atoms with Gasteiger partial charge in [0, 0.05) is 43.3 Å². The largest absolute Gasteiger partial charge is 0.378 e. The van der Waals surface area contributed by atoms with Gasteiger partial charge in [-0.2, -0.15) is 0 Å². The topological polar surface area (TPSA) is 57.7 Å². The van der Waals surface area contributed by atoms with E-state index in [2.05, 4.69) is 0 Å². The number of amides is 1. The van der Waals surface area contributed by atoms with Crippen molar-refractivity contribution in [3.05, 3.63) is 52.2 Å². The van der Waals surface area contributed by atoms with E-state index < -0.39 is 15.1 Å². The third-order valence-corrected chi connectivity index (χ3v) is 7.76. The molecule has 1 aromatic carbocycles. The second-order valence-corrected chi connectivity index (χ2v) is 9.68. The predicted molar refractivity (Wildman–Crippen MR) is 102 cm³/mol. The third-order valence-electron chi connectivity index (χ3n) is 4.52. The van der Waals surface area contributed by atoms with Gasteiger partial charge in [0.25, 0.3) is 5.91 Å².